The van der Waals surface area contributed by atoms with Crippen molar-refractivity contribution in [3.8, 4) is 0 Å². The van der Waals surface area contributed by atoms with E-state index in [1.165, 1.54) is 6.08 Å². The number of carbonyl (C=O) groups excluding carboxylic acids is 1. The Hall–Kier alpha value is -1.66. The molecule has 0 aromatic heterocycles. The molecule has 20 heavy (non-hydrogen) atoms. The van der Waals surface area contributed by atoms with E-state index < -0.39 is 10.1 Å². The Bertz CT molecular complexity index is 656. The van der Waals surface area contributed by atoms with Crippen LogP contribution in [0.5, 0.6) is 0 Å². The number of hydrogen-bond donors (Lipinski definition) is 0. The van der Waals surface area contributed by atoms with Crippen molar-refractivity contribution in [3.63, 3.8) is 0 Å². The number of carbonyl (C=O) groups is 1. The Kier molecular flexibility index (Phi) is 3.96. The number of nitrogens with zero attached hydrogens (tertiary/aromatic N) is 1. The number of rotatable bonds is 4. The molecule has 1 amide bonds. The van der Waals surface area contributed by atoms with E-state index in [0.717, 1.165) is 23.1 Å². The zero-order valence-electron chi connectivity index (χ0n) is 11.7. The van der Waals surface area contributed by atoms with Crippen LogP contribution in [0.4, 0.5) is 5.69 Å². The van der Waals surface area contributed by atoms with Crippen LogP contribution in [-0.2, 0) is 19.1 Å². The van der Waals surface area contributed by atoms with Gasteiger partial charge in [-0.2, -0.15) is 8.42 Å². The molecule has 5 nitrogen and oxygen atoms in total. The molecule has 0 saturated heterocycles. The minimum Gasteiger partial charge on any atom is -0.304 e. The molecule has 1 aromatic rings. The molecule has 0 atom stereocenters. The lowest BCUT2D eigenvalue weighted by atomic mass is 10.1. The van der Waals surface area contributed by atoms with E-state index in [4.69, 9.17) is 4.18 Å². The first kappa shape index (κ1) is 14.7. The molecule has 1 aromatic carbocycles. The number of amides is 1. The number of benzene rings is 1. The molecule has 1 aliphatic heterocycles. The van der Waals surface area contributed by atoms with Crippen LogP contribution in [0.2, 0.25) is 0 Å². The van der Waals surface area contributed by atoms with Gasteiger partial charge in [-0.1, -0.05) is 18.2 Å². The van der Waals surface area contributed by atoms with E-state index in [0.29, 0.717) is 12.1 Å². The average molecular weight is 295 g/mol. The molecule has 0 unspecified atom stereocenters. The highest BCUT2D eigenvalue weighted by molar-refractivity contribution is 7.86. The van der Waals surface area contributed by atoms with Gasteiger partial charge >= 0.3 is 0 Å². The molecule has 108 valence electrons. The van der Waals surface area contributed by atoms with E-state index in [-0.39, 0.29) is 12.5 Å². The van der Waals surface area contributed by atoms with Gasteiger partial charge in [-0.3, -0.25) is 8.98 Å². The van der Waals surface area contributed by atoms with Crippen LogP contribution in [0, 0.1) is 13.8 Å². The van der Waals surface area contributed by atoms with Gasteiger partial charge in [-0.15, -0.1) is 0 Å². The highest BCUT2D eigenvalue weighted by atomic mass is 32.2. The summed E-state index contributed by atoms with van der Waals surface area (Å²) in [7, 11) is -3.50. The molecule has 0 saturated carbocycles. The van der Waals surface area contributed by atoms with Gasteiger partial charge in [0, 0.05) is 12.6 Å². The first-order chi connectivity index (χ1) is 9.28. The summed E-state index contributed by atoms with van der Waals surface area (Å²) in [5.41, 5.74) is 3.56. The molecule has 1 aliphatic rings. The largest absolute Gasteiger partial charge is 0.304 e. The molecular formula is C14H17NO4S. The van der Waals surface area contributed by atoms with Gasteiger partial charge in [0.1, 0.15) is 0 Å². The van der Waals surface area contributed by atoms with E-state index in [9.17, 15) is 13.2 Å². The summed E-state index contributed by atoms with van der Waals surface area (Å²) in [5.74, 6) is -0.144. The summed E-state index contributed by atoms with van der Waals surface area (Å²) < 4.78 is 26.7. The minimum absolute atomic E-state index is 0.0774. The van der Waals surface area contributed by atoms with Crippen LogP contribution in [0.25, 0.3) is 0 Å². The molecule has 1 heterocycles. The zero-order valence-corrected chi connectivity index (χ0v) is 12.5. The van der Waals surface area contributed by atoms with E-state index in [2.05, 4.69) is 0 Å². The number of anilines is 1. The van der Waals surface area contributed by atoms with Gasteiger partial charge in [0.25, 0.3) is 16.0 Å². The normalized spacial score (nSPS) is 15.7. The first-order valence-electron chi connectivity index (χ1n) is 6.19. The molecule has 0 fully saturated rings. The van der Waals surface area contributed by atoms with Crippen LogP contribution in [0.3, 0.4) is 0 Å². The summed E-state index contributed by atoms with van der Waals surface area (Å²) in [4.78, 5) is 13.7. The van der Waals surface area contributed by atoms with E-state index in [1.807, 2.05) is 32.0 Å². The second-order valence-corrected chi connectivity index (χ2v) is 6.58. The Balaban J connectivity index is 2.17. The number of hydrogen-bond acceptors (Lipinski definition) is 4. The summed E-state index contributed by atoms with van der Waals surface area (Å²) in [5, 5.41) is 0. The lowest BCUT2D eigenvalue weighted by molar-refractivity contribution is -0.113. The van der Waals surface area contributed by atoms with E-state index in [1.54, 1.807) is 4.90 Å². The quantitative estimate of drug-likeness (QED) is 0.791. The van der Waals surface area contributed by atoms with Crippen LogP contribution < -0.4 is 4.90 Å². The zero-order chi connectivity index (χ0) is 14.9. The smallest absolute Gasteiger partial charge is 0.264 e. The summed E-state index contributed by atoms with van der Waals surface area (Å²) in [6, 6.07) is 5.83. The number of para-hydroxylation sites is 1. The van der Waals surface area contributed by atoms with Gasteiger partial charge in [-0.25, -0.2) is 0 Å². The lowest BCUT2D eigenvalue weighted by Crippen LogP contribution is -2.27. The van der Waals surface area contributed by atoms with Crippen molar-refractivity contribution in [2.45, 2.75) is 13.8 Å². The Morgan fingerprint density at radius 1 is 1.25 bits per heavy atom. The third-order valence-corrected chi connectivity index (χ3v) is 3.67. The SMILES string of the molecule is Cc1cccc(C)c1N1CC(COS(C)(=O)=O)=CC1=O. The fourth-order valence-corrected chi connectivity index (χ4v) is 2.64. The maximum atomic E-state index is 12.1. The van der Waals surface area contributed by atoms with Gasteiger partial charge in [-0.05, 0) is 30.5 Å². The molecule has 0 aliphatic carbocycles. The van der Waals surface area contributed by atoms with Crippen LogP contribution in [-0.4, -0.2) is 33.7 Å². The second kappa shape index (κ2) is 5.38. The minimum atomic E-state index is -3.50. The predicted octanol–water partition coefficient (Wildman–Crippen LogP) is 1.55. The van der Waals surface area contributed by atoms with Crippen LogP contribution in [0.15, 0.2) is 29.8 Å². The topological polar surface area (TPSA) is 63.7 Å². The first-order valence-corrected chi connectivity index (χ1v) is 8.01. The van der Waals surface area contributed by atoms with Crippen molar-refractivity contribution in [2.75, 3.05) is 24.3 Å². The van der Waals surface area contributed by atoms with Gasteiger partial charge in [0.15, 0.2) is 0 Å². The Morgan fingerprint density at radius 2 is 1.85 bits per heavy atom. The monoisotopic (exact) mass is 295 g/mol. The maximum Gasteiger partial charge on any atom is 0.264 e. The Morgan fingerprint density at radius 3 is 2.40 bits per heavy atom. The van der Waals surface area contributed by atoms with Crippen LogP contribution >= 0.6 is 0 Å². The van der Waals surface area contributed by atoms with Crippen molar-refractivity contribution < 1.29 is 17.4 Å². The molecular weight excluding hydrogens is 278 g/mol. The third kappa shape index (κ3) is 3.26. The lowest BCUT2D eigenvalue weighted by Gasteiger charge is -2.21. The van der Waals surface area contributed by atoms with Crippen molar-refractivity contribution in [3.05, 3.63) is 41.0 Å². The molecule has 0 spiro atoms. The Labute approximate surface area is 119 Å². The maximum absolute atomic E-state index is 12.1. The highest BCUT2D eigenvalue weighted by Gasteiger charge is 2.25. The molecule has 0 radical (unpaired) electrons. The van der Waals surface area contributed by atoms with Crippen molar-refractivity contribution >= 4 is 21.7 Å². The van der Waals surface area contributed by atoms with E-state index >= 15 is 0 Å². The summed E-state index contributed by atoms with van der Waals surface area (Å²) in [6.45, 7) is 4.17. The molecule has 0 bridgehead atoms. The third-order valence-electron chi connectivity index (χ3n) is 3.12. The van der Waals surface area contributed by atoms with Gasteiger partial charge in [0.2, 0.25) is 0 Å². The van der Waals surface area contributed by atoms with Crippen molar-refractivity contribution in [1.29, 1.82) is 0 Å². The predicted molar refractivity (Wildman–Crippen MR) is 77.1 cm³/mol. The summed E-state index contributed by atoms with van der Waals surface area (Å²) in [6.07, 6.45) is 2.44. The standard InChI is InChI=1S/C14H17NO4S/c1-10-5-4-6-11(2)14(10)15-8-12(7-13(15)16)9-19-20(3,17)18/h4-7H,8-9H2,1-3H3. The van der Waals surface area contributed by atoms with Crippen molar-refractivity contribution in [1.82, 2.24) is 0 Å². The molecule has 6 heteroatoms. The fourth-order valence-electron chi connectivity index (χ4n) is 2.27. The fraction of sp³-hybridized carbons (Fsp3) is 0.357. The van der Waals surface area contributed by atoms with Gasteiger partial charge < -0.3 is 4.90 Å². The van der Waals surface area contributed by atoms with Crippen molar-refractivity contribution in [2.24, 2.45) is 0 Å². The van der Waals surface area contributed by atoms with Gasteiger partial charge in [0.05, 0.1) is 18.6 Å². The molecule has 0 N–H and O–H groups in total. The average Bonchev–Trinajstić information content (AvgIpc) is 2.67. The second-order valence-electron chi connectivity index (χ2n) is 4.93. The highest BCUT2D eigenvalue weighted by Crippen LogP contribution is 2.28. The summed E-state index contributed by atoms with van der Waals surface area (Å²) >= 11 is 0. The number of aryl methyl sites for hydroxylation is 2. The molecule has 2 rings (SSSR count). The van der Waals surface area contributed by atoms with Crippen LogP contribution in [0.1, 0.15) is 11.1 Å².